The van der Waals surface area contributed by atoms with Gasteiger partial charge in [-0.3, -0.25) is 4.98 Å². The van der Waals surface area contributed by atoms with E-state index in [9.17, 15) is 4.79 Å². The third kappa shape index (κ3) is 3.94. The molecule has 1 aromatic heterocycles. The number of ether oxygens (including phenoxy) is 1. The number of pyridine rings is 1. The summed E-state index contributed by atoms with van der Waals surface area (Å²) >= 11 is 5.96. The van der Waals surface area contributed by atoms with Gasteiger partial charge >= 0.3 is 6.09 Å². The number of hydrogen-bond donors (Lipinski definition) is 1. The fourth-order valence-corrected chi connectivity index (χ4v) is 3.08. The van der Waals surface area contributed by atoms with Crippen LogP contribution in [0.4, 0.5) is 4.79 Å². The van der Waals surface area contributed by atoms with Crippen LogP contribution in [-0.2, 0) is 4.74 Å². The van der Waals surface area contributed by atoms with Crippen molar-refractivity contribution in [2.75, 3.05) is 0 Å². The predicted octanol–water partition coefficient (Wildman–Crippen LogP) is 4.66. The molecule has 1 aliphatic rings. The van der Waals surface area contributed by atoms with Gasteiger partial charge in [-0.2, -0.15) is 0 Å². The Bertz CT molecular complexity index is 1020. The molecule has 0 radical (unpaired) electrons. The third-order valence-electron chi connectivity index (χ3n) is 4.25. The number of hydrogen-bond acceptors (Lipinski definition) is 3. The molecule has 4 rings (SSSR count). The number of alkyl carbamates (subject to hydrolysis) is 1. The maximum atomic E-state index is 11.9. The number of aromatic nitrogens is 1. The Balaban J connectivity index is 1.63. The molecule has 1 amide bonds. The lowest BCUT2D eigenvalue weighted by Gasteiger charge is -2.17. The van der Waals surface area contributed by atoms with Crippen molar-refractivity contribution in [1.82, 2.24) is 10.3 Å². The van der Waals surface area contributed by atoms with Gasteiger partial charge in [0.2, 0.25) is 0 Å². The van der Waals surface area contributed by atoms with Crippen molar-refractivity contribution in [3.8, 4) is 11.8 Å². The topological polar surface area (TPSA) is 51.2 Å². The molecule has 0 saturated carbocycles. The molecular formula is C22H15ClN2O2. The Morgan fingerprint density at radius 1 is 0.926 bits per heavy atom. The number of amides is 1. The van der Waals surface area contributed by atoms with Gasteiger partial charge in [0, 0.05) is 28.5 Å². The molecule has 1 N–H and O–H groups in total. The van der Waals surface area contributed by atoms with Crippen LogP contribution in [-0.4, -0.2) is 11.1 Å². The Kier molecular flexibility index (Phi) is 4.78. The van der Waals surface area contributed by atoms with Crippen LogP contribution in [0.3, 0.4) is 0 Å². The number of nitrogens with one attached hydrogen (secondary N) is 1. The van der Waals surface area contributed by atoms with Crippen molar-refractivity contribution in [3.05, 3.63) is 100 Å². The van der Waals surface area contributed by atoms with Crippen molar-refractivity contribution in [2.24, 2.45) is 0 Å². The molecule has 2 aromatic carbocycles. The summed E-state index contributed by atoms with van der Waals surface area (Å²) in [4.78, 5) is 16.1. The summed E-state index contributed by atoms with van der Waals surface area (Å²) in [6.07, 6.45) is 2.51. The van der Waals surface area contributed by atoms with Crippen molar-refractivity contribution < 1.29 is 9.53 Å². The Morgan fingerprint density at radius 3 is 2.44 bits per heavy atom. The molecule has 0 spiro atoms. The smallest absolute Gasteiger partial charge is 0.408 e. The number of nitrogens with zero attached hydrogens (tertiary/aromatic N) is 1. The number of rotatable bonds is 2. The van der Waals surface area contributed by atoms with Crippen LogP contribution in [0.25, 0.3) is 0 Å². The minimum Gasteiger partial charge on any atom is -0.439 e. The standard InChI is InChI=1S/C22H15ClN2O2/c23-19-10-8-17(9-11-19)21-20(25-22(26)27-21)18-12-16(13-24-14-18)7-6-15-4-2-1-3-5-15/h1-5,8-14,20-21H,(H,25,26)/t20-,21-/m1/s1. The minimum atomic E-state index is -0.458. The van der Waals surface area contributed by atoms with Crippen molar-refractivity contribution in [2.45, 2.75) is 12.1 Å². The van der Waals surface area contributed by atoms with E-state index in [0.29, 0.717) is 5.02 Å². The highest BCUT2D eigenvalue weighted by atomic mass is 35.5. The van der Waals surface area contributed by atoms with Crippen LogP contribution in [0.5, 0.6) is 0 Å². The zero-order chi connectivity index (χ0) is 18.6. The zero-order valence-corrected chi connectivity index (χ0v) is 15.0. The molecular weight excluding hydrogens is 360 g/mol. The fourth-order valence-electron chi connectivity index (χ4n) is 2.95. The molecule has 5 heteroatoms. The van der Waals surface area contributed by atoms with Gasteiger partial charge in [-0.25, -0.2) is 4.79 Å². The highest BCUT2D eigenvalue weighted by Gasteiger charge is 2.36. The molecule has 0 unspecified atom stereocenters. The van der Waals surface area contributed by atoms with Crippen molar-refractivity contribution >= 4 is 17.7 Å². The van der Waals surface area contributed by atoms with Crippen LogP contribution >= 0.6 is 11.6 Å². The van der Waals surface area contributed by atoms with Crippen LogP contribution < -0.4 is 5.32 Å². The Hall–Kier alpha value is -3.29. The second-order valence-corrected chi connectivity index (χ2v) is 6.56. The highest BCUT2D eigenvalue weighted by Crippen LogP contribution is 2.36. The summed E-state index contributed by atoms with van der Waals surface area (Å²) in [6.45, 7) is 0. The number of cyclic esters (lactones) is 1. The summed E-state index contributed by atoms with van der Waals surface area (Å²) in [7, 11) is 0. The molecule has 2 heterocycles. The summed E-state index contributed by atoms with van der Waals surface area (Å²) in [5.41, 5.74) is 3.40. The first-order valence-electron chi connectivity index (χ1n) is 8.44. The molecule has 0 bridgehead atoms. The quantitative estimate of drug-likeness (QED) is 0.664. The molecule has 0 aliphatic carbocycles. The average molecular weight is 375 g/mol. The van der Waals surface area contributed by atoms with Gasteiger partial charge in [0.1, 0.15) is 6.04 Å². The maximum absolute atomic E-state index is 11.9. The number of halogens is 1. The van der Waals surface area contributed by atoms with E-state index in [4.69, 9.17) is 16.3 Å². The monoisotopic (exact) mass is 374 g/mol. The van der Waals surface area contributed by atoms with Gasteiger partial charge < -0.3 is 10.1 Å². The van der Waals surface area contributed by atoms with E-state index in [1.807, 2.05) is 48.5 Å². The summed E-state index contributed by atoms with van der Waals surface area (Å²) in [5, 5.41) is 3.48. The molecule has 27 heavy (non-hydrogen) atoms. The van der Waals surface area contributed by atoms with E-state index in [1.165, 1.54) is 0 Å². The summed E-state index contributed by atoms with van der Waals surface area (Å²) < 4.78 is 5.47. The molecule has 2 atom stereocenters. The predicted molar refractivity (Wildman–Crippen MR) is 103 cm³/mol. The number of carbonyl (C=O) groups is 1. The van der Waals surface area contributed by atoms with Gasteiger partial charge in [-0.1, -0.05) is 53.8 Å². The van der Waals surface area contributed by atoms with E-state index in [1.54, 1.807) is 24.5 Å². The van der Waals surface area contributed by atoms with Gasteiger partial charge in [0.05, 0.1) is 0 Å². The Labute approximate surface area is 162 Å². The van der Waals surface area contributed by atoms with E-state index in [0.717, 1.165) is 22.3 Å². The average Bonchev–Trinajstić information content (AvgIpc) is 3.10. The molecule has 1 saturated heterocycles. The third-order valence-corrected chi connectivity index (χ3v) is 4.50. The fraction of sp³-hybridized carbons (Fsp3) is 0.0909. The lowest BCUT2D eigenvalue weighted by atomic mass is 9.97. The minimum absolute atomic E-state index is 0.343. The normalized spacial score (nSPS) is 18.2. The van der Waals surface area contributed by atoms with E-state index in [2.05, 4.69) is 22.1 Å². The SMILES string of the molecule is O=C1N[C@H](c2cncc(C#Cc3ccccc3)c2)[C@@H](c2ccc(Cl)cc2)O1. The van der Waals surface area contributed by atoms with E-state index in [-0.39, 0.29) is 6.04 Å². The van der Waals surface area contributed by atoms with Crippen molar-refractivity contribution in [3.63, 3.8) is 0 Å². The first-order chi connectivity index (χ1) is 13.2. The summed E-state index contributed by atoms with van der Waals surface area (Å²) in [5.74, 6) is 6.23. The largest absolute Gasteiger partial charge is 0.439 e. The first-order valence-corrected chi connectivity index (χ1v) is 8.81. The van der Waals surface area contributed by atoms with Crippen LogP contribution in [0.15, 0.2) is 73.1 Å². The molecule has 132 valence electrons. The zero-order valence-electron chi connectivity index (χ0n) is 14.2. The molecule has 1 aliphatic heterocycles. The molecule has 3 aromatic rings. The van der Waals surface area contributed by atoms with Crippen LogP contribution in [0, 0.1) is 11.8 Å². The molecule has 4 nitrogen and oxygen atoms in total. The first kappa shape index (κ1) is 17.1. The maximum Gasteiger partial charge on any atom is 0.408 e. The highest BCUT2D eigenvalue weighted by molar-refractivity contribution is 6.30. The van der Waals surface area contributed by atoms with Gasteiger partial charge in [-0.15, -0.1) is 0 Å². The van der Waals surface area contributed by atoms with Crippen LogP contribution in [0.2, 0.25) is 5.02 Å². The lowest BCUT2D eigenvalue weighted by molar-refractivity contribution is 0.132. The van der Waals surface area contributed by atoms with Gasteiger partial charge in [-0.05, 0) is 41.5 Å². The molecule has 1 fully saturated rings. The van der Waals surface area contributed by atoms with E-state index < -0.39 is 12.2 Å². The summed E-state index contributed by atoms with van der Waals surface area (Å²) in [6, 6.07) is 18.6. The second kappa shape index (κ2) is 7.53. The van der Waals surface area contributed by atoms with Gasteiger partial charge in [0.25, 0.3) is 0 Å². The van der Waals surface area contributed by atoms with Crippen LogP contribution in [0.1, 0.15) is 34.4 Å². The number of carbonyl (C=O) groups excluding carboxylic acids is 1. The van der Waals surface area contributed by atoms with Gasteiger partial charge in [0.15, 0.2) is 6.10 Å². The second-order valence-electron chi connectivity index (χ2n) is 6.12. The van der Waals surface area contributed by atoms with Crippen molar-refractivity contribution in [1.29, 1.82) is 0 Å². The lowest BCUT2D eigenvalue weighted by Crippen LogP contribution is -2.19. The Morgan fingerprint density at radius 2 is 1.67 bits per heavy atom. The number of benzene rings is 2. The van der Waals surface area contributed by atoms with E-state index >= 15 is 0 Å².